The Labute approximate surface area is 215 Å². The molecular formula is C29H39N3O4. The summed E-state index contributed by atoms with van der Waals surface area (Å²) in [5.41, 5.74) is 3.40. The van der Waals surface area contributed by atoms with E-state index in [1.165, 1.54) is 5.56 Å². The highest BCUT2D eigenvalue weighted by molar-refractivity contribution is 5.81. The molecule has 7 heteroatoms. The van der Waals surface area contributed by atoms with Gasteiger partial charge in [0, 0.05) is 52.8 Å². The zero-order chi connectivity index (χ0) is 25.5. The van der Waals surface area contributed by atoms with Gasteiger partial charge in [-0.05, 0) is 41.7 Å². The van der Waals surface area contributed by atoms with Gasteiger partial charge in [0.15, 0.2) is 6.10 Å². The number of carbonyl (C=O) groups excluding carboxylic acids is 2. The third-order valence-electron chi connectivity index (χ3n) is 7.30. The molecule has 0 saturated carbocycles. The van der Waals surface area contributed by atoms with Crippen LogP contribution in [0, 0.1) is 0 Å². The number of carbonyl (C=O) groups is 2. The minimum absolute atomic E-state index is 0.0454. The Hall–Kier alpha value is -2.90. The minimum Gasteiger partial charge on any atom is -0.481 e. The summed E-state index contributed by atoms with van der Waals surface area (Å²) in [5.74, 6) is 0.871. The lowest BCUT2D eigenvalue weighted by atomic mass is 9.87. The van der Waals surface area contributed by atoms with Crippen molar-refractivity contribution in [2.24, 2.45) is 0 Å². The molecule has 0 spiro atoms. The first kappa shape index (κ1) is 26.2. The predicted octanol–water partition coefficient (Wildman–Crippen LogP) is 3.52. The lowest BCUT2D eigenvalue weighted by Gasteiger charge is -2.38. The standard InChI is InChI=1S/C29H39N3O4/c1-4-26(29(34)31-17-15-30(16-18-31)19-20-35-3)36-24-12-11-22-13-14-32(27(33)5-2)28(25(22)21-24)23-9-7-6-8-10-23/h6-12,21,26,28H,4-5,13-20H2,1-3H3. The van der Waals surface area contributed by atoms with Crippen LogP contribution in [0.5, 0.6) is 5.75 Å². The molecule has 0 radical (unpaired) electrons. The van der Waals surface area contributed by atoms with Crippen molar-refractivity contribution in [1.82, 2.24) is 14.7 Å². The molecule has 2 amide bonds. The summed E-state index contributed by atoms with van der Waals surface area (Å²) in [6, 6.07) is 16.1. The molecule has 1 saturated heterocycles. The Kier molecular flexibility index (Phi) is 8.99. The van der Waals surface area contributed by atoms with Gasteiger partial charge in [0.25, 0.3) is 5.91 Å². The highest BCUT2D eigenvalue weighted by Gasteiger charge is 2.33. The number of piperazine rings is 1. The second kappa shape index (κ2) is 12.4. The van der Waals surface area contributed by atoms with Crippen molar-refractivity contribution in [3.05, 3.63) is 65.2 Å². The van der Waals surface area contributed by atoms with Gasteiger partial charge in [-0.1, -0.05) is 50.2 Å². The van der Waals surface area contributed by atoms with E-state index in [9.17, 15) is 9.59 Å². The van der Waals surface area contributed by atoms with Gasteiger partial charge in [-0.3, -0.25) is 14.5 Å². The van der Waals surface area contributed by atoms with Crippen LogP contribution in [-0.4, -0.2) is 85.6 Å². The van der Waals surface area contributed by atoms with E-state index in [0.29, 0.717) is 44.8 Å². The van der Waals surface area contributed by atoms with E-state index < -0.39 is 6.10 Å². The first-order valence-corrected chi connectivity index (χ1v) is 13.2. The predicted molar refractivity (Wildman–Crippen MR) is 140 cm³/mol. The zero-order valence-electron chi connectivity index (χ0n) is 21.8. The quantitative estimate of drug-likeness (QED) is 0.535. The molecular weight excluding hydrogens is 454 g/mol. The maximum atomic E-state index is 13.3. The molecule has 194 valence electrons. The normalized spacial score (nSPS) is 19.0. The van der Waals surface area contributed by atoms with Crippen molar-refractivity contribution < 1.29 is 19.1 Å². The first-order chi connectivity index (χ1) is 17.5. The van der Waals surface area contributed by atoms with Crippen molar-refractivity contribution in [3.8, 4) is 5.75 Å². The molecule has 4 rings (SSSR count). The number of hydrogen-bond acceptors (Lipinski definition) is 5. The van der Waals surface area contributed by atoms with Gasteiger partial charge >= 0.3 is 0 Å². The van der Waals surface area contributed by atoms with E-state index in [-0.39, 0.29) is 17.9 Å². The summed E-state index contributed by atoms with van der Waals surface area (Å²) >= 11 is 0. The molecule has 2 atom stereocenters. The molecule has 0 aliphatic carbocycles. The van der Waals surface area contributed by atoms with Gasteiger partial charge in [0.05, 0.1) is 12.6 Å². The first-order valence-electron chi connectivity index (χ1n) is 13.2. The summed E-state index contributed by atoms with van der Waals surface area (Å²) in [6.07, 6.45) is 1.36. The number of amides is 2. The summed E-state index contributed by atoms with van der Waals surface area (Å²) in [6.45, 7) is 9.31. The third-order valence-corrected chi connectivity index (χ3v) is 7.30. The highest BCUT2D eigenvalue weighted by atomic mass is 16.5. The van der Waals surface area contributed by atoms with Gasteiger partial charge in [-0.2, -0.15) is 0 Å². The summed E-state index contributed by atoms with van der Waals surface area (Å²) in [4.78, 5) is 32.4. The third kappa shape index (κ3) is 5.90. The molecule has 2 aliphatic heterocycles. The summed E-state index contributed by atoms with van der Waals surface area (Å²) in [5, 5.41) is 0. The molecule has 36 heavy (non-hydrogen) atoms. The van der Waals surface area contributed by atoms with Gasteiger partial charge in [0.2, 0.25) is 5.91 Å². The molecule has 7 nitrogen and oxygen atoms in total. The number of ether oxygens (including phenoxy) is 2. The maximum Gasteiger partial charge on any atom is 0.263 e. The van der Waals surface area contributed by atoms with Crippen LogP contribution in [0.25, 0.3) is 0 Å². The van der Waals surface area contributed by atoms with Crippen molar-refractivity contribution in [1.29, 1.82) is 0 Å². The molecule has 1 fully saturated rings. The van der Waals surface area contributed by atoms with Crippen LogP contribution < -0.4 is 4.74 Å². The Morgan fingerprint density at radius 1 is 1.00 bits per heavy atom. The van der Waals surface area contributed by atoms with Crippen LogP contribution in [0.3, 0.4) is 0 Å². The summed E-state index contributed by atoms with van der Waals surface area (Å²) in [7, 11) is 1.71. The van der Waals surface area contributed by atoms with Gasteiger partial charge in [0.1, 0.15) is 5.75 Å². The second-order valence-corrected chi connectivity index (χ2v) is 9.54. The van der Waals surface area contributed by atoms with E-state index in [4.69, 9.17) is 9.47 Å². The maximum absolute atomic E-state index is 13.3. The molecule has 2 aromatic carbocycles. The average molecular weight is 494 g/mol. The van der Waals surface area contributed by atoms with E-state index in [1.807, 2.05) is 54.0 Å². The number of nitrogens with zero attached hydrogens (tertiary/aromatic N) is 3. The Balaban J connectivity index is 1.52. The van der Waals surface area contributed by atoms with Gasteiger partial charge in [-0.15, -0.1) is 0 Å². The second-order valence-electron chi connectivity index (χ2n) is 9.54. The molecule has 2 unspecified atom stereocenters. The highest BCUT2D eigenvalue weighted by Crippen LogP contribution is 2.37. The van der Waals surface area contributed by atoms with Crippen LogP contribution in [-0.2, 0) is 20.7 Å². The topological polar surface area (TPSA) is 62.3 Å². The Morgan fingerprint density at radius 2 is 1.75 bits per heavy atom. The molecule has 2 heterocycles. The fourth-order valence-corrected chi connectivity index (χ4v) is 5.22. The monoisotopic (exact) mass is 493 g/mol. The van der Waals surface area contributed by atoms with Crippen molar-refractivity contribution in [2.75, 3.05) is 53.0 Å². The molecule has 2 aliphatic rings. The van der Waals surface area contributed by atoms with E-state index in [1.54, 1.807) is 7.11 Å². The SMILES string of the molecule is CCC(=O)N1CCc2ccc(OC(CC)C(=O)N3CCN(CCOC)CC3)cc2C1c1ccccc1. The van der Waals surface area contributed by atoms with E-state index in [0.717, 1.165) is 37.2 Å². The number of methoxy groups -OCH3 is 1. The zero-order valence-corrected chi connectivity index (χ0v) is 21.8. The number of fused-ring (bicyclic) bond motifs is 1. The fraction of sp³-hybridized carbons (Fsp3) is 0.517. The number of benzene rings is 2. The van der Waals surface area contributed by atoms with Crippen LogP contribution in [0.2, 0.25) is 0 Å². The van der Waals surface area contributed by atoms with Crippen molar-refractivity contribution in [3.63, 3.8) is 0 Å². The molecule has 0 bridgehead atoms. The van der Waals surface area contributed by atoms with Gasteiger partial charge < -0.3 is 19.3 Å². The lowest BCUT2D eigenvalue weighted by molar-refractivity contribution is -0.140. The van der Waals surface area contributed by atoms with Crippen LogP contribution in [0.15, 0.2) is 48.5 Å². The molecule has 2 aromatic rings. The fourth-order valence-electron chi connectivity index (χ4n) is 5.22. The van der Waals surface area contributed by atoms with Crippen LogP contribution >= 0.6 is 0 Å². The number of rotatable bonds is 9. The van der Waals surface area contributed by atoms with Crippen LogP contribution in [0.1, 0.15) is 49.4 Å². The smallest absolute Gasteiger partial charge is 0.263 e. The average Bonchev–Trinajstić information content (AvgIpc) is 2.94. The van der Waals surface area contributed by atoms with Crippen LogP contribution in [0.4, 0.5) is 0 Å². The van der Waals surface area contributed by atoms with Crippen molar-refractivity contribution in [2.45, 2.75) is 45.3 Å². The Bertz CT molecular complexity index is 1020. The lowest BCUT2D eigenvalue weighted by Crippen LogP contribution is -2.52. The van der Waals surface area contributed by atoms with Gasteiger partial charge in [-0.25, -0.2) is 0 Å². The molecule has 0 aromatic heterocycles. The largest absolute Gasteiger partial charge is 0.481 e. The number of hydrogen-bond donors (Lipinski definition) is 0. The van der Waals surface area contributed by atoms with E-state index in [2.05, 4.69) is 23.1 Å². The van der Waals surface area contributed by atoms with Crippen molar-refractivity contribution >= 4 is 11.8 Å². The Morgan fingerprint density at radius 3 is 2.42 bits per heavy atom. The summed E-state index contributed by atoms with van der Waals surface area (Å²) < 4.78 is 11.5. The van der Waals surface area contributed by atoms with E-state index >= 15 is 0 Å². The minimum atomic E-state index is -0.527. The molecule has 0 N–H and O–H groups in total.